The molecule has 4 rings (SSSR count). The number of anilines is 2. The maximum atomic E-state index is 13.2. The standard InChI is InChI=1S/C24H20N2O4S2/c1-3-18-19(4-2)24(28)22(31-16-8-6-5-7-9-16)14-21(18)26-32(29,30)17-10-11-20-15(12-17)13-23(27)25-20/h3-12,14,26,28H,1-2,13H2,(H,25,27). The van der Waals surface area contributed by atoms with Gasteiger partial charge in [-0.3, -0.25) is 9.52 Å². The van der Waals surface area contributed by atoms with Crippen LogP contribution in [-0.4, -0.2) is 19.4 Å². The summed E-state index contributed by atoms with van der Waals surface area (Å²) in [6.45, 7) is 7.52. The fraction of sp³-hybridized carbons (Fsp3) is 0.0417. The average Bonchev–Trinajstić information content (AvgIpc) is 3.15. The summed E-state index contributed by atoms with van der Waals surface area (Å²) in [7, 11) is -3.97. The van der Waals surface area contributed by atoms with E-state index >= 15 is 0 Å². The Balaban J connectivity index is 1.76. The van der Waals surface area contributed by atoms with Gasteiger partial charge in [0.05, 0.1) is 21.9 Å². The first kappa shape index (κ1) is 21.7. The number of hydrogen-bond acceptors (Lipinski definition) is 5. The maximum Gasteiger partial charge on any atom is 0.261 e. The number of sulfonamides is 1. The number of benzene rings is 3. The fourth-order valence-corrected chi connectivity index (χ4v) is 5.51. The van der Waals surface area contributed by atoms with Gasteiger partial charge in [-0.05, 0) is 42.0 Å². The number of carbonyl (C=O) groups excluding carboxylic acids is 1. The predicted octanol–water partition coefficient (Wildman–Crippen LogP) is 5.12. The number of fused-ring (bicyclic) bond motifs is 1. The van der Waals surface area contributed by atoms with Crippen LogP contribution in [0.4, 0.5) is 11.4 Å². The summed E-state index contributed by atoms with van der Waals surface area (Å²) in [6, 6.07) is 15.5. The van der Waals surface area contributed by atoms with E-state index in [2.05, 4.69) is 23.2 Å². The fourth-order valence-electron chi connectivity index (χ4n) is 3.46. The van der Waals surface area contributed by atoms with Gasteiger partial charge in [-0.2, -0.15) is 0 Å². The summed E-state index contributed by atoms with van der Waals surface area (Å²) in [4.78, 5) is 13.0. The topological polar surface area (TPSA) is 95.5 Å². The minimum absolute atomic E-state index is 0.00572. The SMILES string of the molecule is C=Cc1c(NS(=O)(=O)c2ccc3c(c2)CC(=O)N3)cc(Sc2ccccc2)c(O)c1C=C. The van der Waals surface area contributed by atoms with Crippen molar-refractivity contribution in [2.24, 2.45) is 0 Å². The smallest absolute Gasteiger partial charge is 0.261 e. The van der Waals surface area contributed by atoms with Gasteiger partial charge in [-0.1, -0.05) is 55.3 Å². The van der Waals surface area contributed by atoms with E-state index in [1.54, 1.807) is 12.1 Å². The van der Waals surface area contributed by atoms with Crippen LogP contribution in [0.5, 0.6) is 5.75 Å². The van der Waals surface area contributed by atoms with Crippen LogP contribution < -0.4 is 10.0 Å². The van der Waals surface area contributed by atoms with Crippen LogP contribution in [0.1, 0.15) is 16.7 Å². The van der Waals surface area contributed by atoms with Gasteiger partial charge >= 0.3 is 0 Å². The van der Waals surface area contributed by atoms with Crippen LogP contribution >= 0.6 is 11.8 Å². The number of rotatable bonds is 7. The largest absolute Gasteiger partial charge is 0.506 e. The Hall–Kier alpha value is -3.49. The molecule has 0 atom stereocenters. The van der Waals surface area contributed by atoms with Crippen LogP contribution in [0.3, 0.4) is 0 Å². The molecule has 1 aliphatic rings. The Kier molecular flexibility index (Phi) is 5.82. The van der Waals surface area contributed by atoms with Crippen molar-refractivity contribution >= 4 is 51.2 Å². The summed E-state index contributed by atoms with van der Waals surface area (Å²) in [5.74, 6) is -0.179. The van der Waals surface area contributed by atoms with E-state index in [1.165, 1.54) is 36.0 Å². The Morgan fingerprint density at radius 3 is 2.44 bits per heavy atom. The Morgan fingerprint density at radius 1 is 1.03 bits per heavy atom. The van der Waals surface area contributed by atoms with Crippen molar-refractivity contribution in [3.8, 4) is 5.75 Å². The second kappa shape index (κ2) is 8.57. The molecule has 0 fully saturated rings. The van der Waals surface area contributed by atoms with Crippen LogP contribution in [0.15, 0.2) is 82.4 Å². The van der Waals surface area contributed by atoms with Crippen molar-refractivity contribution in [3.63, 3.8) is 0 Å². The van der Waals surface area contributed by atoms with E-state index in [4.69, 9.17) is 0 Å². The molecule has 162 valence electrons. The lowest BCUT2D eigenvalue weighted by Gasteiger charge is -2.17. The Labute approximate surface area is 190 Å². The van der Waals surface area contributed by atoms with Crippen molar-refractivity contribution in [1.29, 1.82) is 0 Å². The van der Waals surface area contributed by atoms with Crippen molar-refractivity contribution in [2.75, 3.05) is 10.0 Å². The van der Waals surface area contributed by atoms with Gasteiger partial charge in [-0.15, -0.1) is 0 Å². The molecule has 8 heteroatoms. The molecular formula is C24H20N2O4S2. The third-order valence-electron chi connectivity index (χ3n) is 4.98. The normalized spacial score (nSPS) is 12.7. The van der Waals surface area contributed by atoms with Gasteiger partial charge in [0.1, 0.15) is 5.75 Å². The second-order valence-corrected chi connectivity index (χ2v) is 9.87. The molecule has 6 nitrogen and oxygen atoms in total. The molecule has 32 heavy (non-hydrogen) atoms. The Morgan fingerprint density at radius 2 is 1.75 bits per heavy atom. The van der Waals surface area contributed by atoms with E-state index in [0.29, 0.717) is 27.3 Å². The molecule has 1 amide bonds. The minimum atomic E-state index is -3.97. The zero-order valence-electron chi connectivity index (χ0n) is 17.0. The highest BCUT2D eigenvalue weighted by Gasteiger charge is 2.24. The first-order valence-corrected chi connectivity index (χ1v) is 12.0. The Bertz CT molecular complexity index is 1350. The van der Waals surface area contributed by atoms with Crippen LogP contribution in [0.25, 0.3) is 12.2 Å². The summed E-state index contributed by atoms with van der Waals surface area (Å²) in [6.07, 6.45) is 3.07. The molecule has 3 aromatic carbocycles. The van der Waals surface area contributed by atoms with E-state index in [9.17, 15) is 18.3 Å². The molecule has 0 saturated carbocycles. The lowest BCUT2D eigenvalue weighted by molar-refractivity contribution is -0.115. The molecule has 0 aliphatic carbocycles. The highest BCUT2D eigenvalue weighted by atomic mass is 32.2. The van der Waals surface area contributed by atoms with E-state index in [1.807, 2.05) is 30.3 Å². The number of phenolic OH excluding ortho intramolecular Hbond substituents is 1. The number of nitrogens with one attached hydrogen (secondary N) is 2. The van der Waals surface area contributed by atoms with Gasteiger partial charge in [0.2, 0.25) is 5.91 Å². The quantitative estimate of drug-likeness (QED) is 0.422. The van der Waals surface area contributed by atoms with Crippen LogP contribution in [-0.2, 0) is 21.2 Å². The summed E-state index contributed by atoms with van der Waals surface area (Å²) >= 11 is 1.30. The van der Waals surface area contributed by atoms with E-state index in [-0.39, 0.29) is 28.7 Å². The van der Waals surface area contributed by atoms with Gasteiger partial charge in [0.15, 0.2) is 0 Å². The number of hydrogen-bond donors (Lipinski definition) is 3. The predicted molar refractivity (Wildman–Crippen MR) is 128 cm³/mol. The molecule has 3 N–H and O–H groups in total. The van der Waals surface area contributed by atoms with Gasteiger partial charge in [0, 0.05) is 21.7 Å². The number of aromatic hydroxyl groups is 1. The minimum Gasteiger partial charge on any atom is -0.506 e. The van der Waals surface area contributed by atoms with Crippen molar-refractivity contribution in [1.82, 2.24) is 0 Å². The highest BCUT2D eigenvalue weighted by molar-refractivity contribution is 7.99. The first-order chi connectivity index (χ1) is 15.3. The van der Waals surface area contributed by atoms with Crippen LogP contribution in [0.2, 0.25) is 0 Å². The second-order valence-electron chi connectivity index (χ2n) is 7.07. The van der Waals surface area contributed by atoms with E-state index < -0.39 is 10.0 Å². The first-order valence-electron chi connectivity index (χ1n) is 9.65. The zero-order valence-corrected chi connectivity index (χ0v) is 18.6. The molecule has 0 unspecified atom stereocenters. The number of phenols is 1. The van der Waals surface area contributed by atoms with Gasteiger partial charge in [-0.25, -0.2) is 8.42 Å². The molecule has 1 heterocycles. The van der Waals surface area contributed by atoms with Gasteiger partial charge in [0.25, 0.3) is 10.0 Å². The molecule has 0 radical (unpaired) electrons. The lowest BCUT2D eigenvalue weighted by atomic mass is 10.0. The zero-order chi connectivity index (χ0) is 22.9. The van der Waals surface area contributed by atoms with Crippen molar-refractivity contribution in [2.45, 2.75) is 21.1 Å². The van der Waals surface area contributed by atoms with Crippen molar-refractivity contribution in [3.05, 3.63) is 84.4 Å². The molecule has 1 aliphatic heterocycles. The third-order valence-corrected chi connectivity index (χ3v) is 7.38. The molecule has 0 bridgehead atoms. The van der Waals surface area contributed by atoms with E-state index in [0.717, 1.165) is 4.90 Å². The third kappa shape index (κ3) is 4.15. The summed E-state index contributed by atoms with van der Waals surface area (Å²) in [5.41, 5.74) is 2.29. The summed E-state index contributed by atoms with van der Waals surface area (Å²) < 4.78 is 28.9. The average molecular weight is 465 g/mol. The van der Waals surface area contributed by atoms with Crippen molar-refractivity contribution < 1.29 is 18.3 Å². The molecule has 3 aromatic rings. The monoisotopic (exact) mass is 464 g/mol. The highest BCUT2D eigenvalue weighted by Crippen LogP contribution is 2.42. The summed E-state index contributed by atoms with van der Waals surface area (Å²) in [5, 5.41) is 13.5. The maximum absolute atomic E-state index is 13.2. The van der Waals surface area contributed by atoms with Crippen LogP contribution in [0, 0.1) is 0 Å². The van der Waals surface area contributed by atoms with Gasteiger partial charge < -0.3 is 10.4 Å². The molecule has 0 saturated heterocycles. The molecule has 0 aromatic heterocycles. The lowest BCUT2D eigenvalue weighted by Crippen LogP contribution is -2.14. The number of carbonyl (C=O) groups is 1. The molecular weight excluding hydrogens is 444 g/mol. The number of amides is 1. The molecule has 0 spiro atoms.